The zero-order valence-electron chi connectivity index (χ0n) is 13.7. The zero-order chi connectivity index (χ0) is 15.7. The summed E-state index contributed by atoms with van der Waals surface area (Å²) in [6.07, 6.45) is 0. The number of benzene rings is 5. The maximum atomic E-state index is 2.35. The third-order valence-corrected chi connectivity index (χ3v) is 5.37. The largest absolute Gasteiger partial charge is 0.0610 e. The fourth-order valence-electron chi connectivity index (χ4n) is 4.26. The first-order valence-electron chi connectivity index (χ1n) is 8.22. The number of aryl methyl sites for hydroxylation is 3. The Kier molecular flexibility index (Phi) is 2.37. The second-order valence-corrected chi connectivity index (χ2v) is 6.81. The van der Waals surface area contributed by atoms with Crippen LogP contribution >= 0.6 is 0 Å². The molecule has 0 atom stereocenters. The van der Waals surface area contributed by atoms with E-state index in [0.29, 0.717) is 0 Å². The van der Waals surface area contributed by atoms with Crippen molar-refractivity contribution in [1.29, 1.82) is 0 Å². The van der Waals surface area contributed by atoms with Gasteiger partial charge in [0.25, 0.3) is 0 Å². The molecule has 0 N–H and O–H groups in total. The zero-order valence-corrected chi connectivity index (χ0v) is 13.7. The molecule has 110 valence electrons. The summed E-state index contributed by atoms with van der Waals surface area (Å²) in [4.78, 5) is 0. The molecule has 0 aliphatic carbocycles. The second-order valence-electron chi connectivity index (χ2n) is 6.81. The number of hydrogen-bond acceptors (Lipinski definition) is 0. The van der Waals surface area contributed by atoms with Crippen LogP contribution in [0.2, 0.25) is 0 Å². The van der Waals surface area contributed by atoms with Crippen LogP contribution in [0.15, 0.2) is 54.6 Å². The predicted molar refractivity (Wildman–Crippen MR) is 102 cm³/mol. The Morgan fingerprint density at radius 3 is 2.04 bits per heavy atom. The van der Waals surface area contributed by atoms with Crippen LogP contribution in [0.4, 0.5) is 0 Å². The van der Waals surface area contributed by atoms with Crippen molar-refractivity contribution in [3.05, 3.63) is 71.3 Å². The van der Waals surface area contributed by atoms with Gasteiger partial charge in [0.2, 0.25) is 0 Å². The van der Waals surface area contributed by atoms with Crippen LogP contribution in [-0.2, 0) is 0 Å². The van der Waals surface area contributed by atoms with Crippen molar-refractivity contribution >= 4 is 43.1 Å². The van der Waals surface area contributed by atoms with E-state index in [2.05, 4.69) is 75.4 Å². The van der Waals surface area contributed by atoms with Gasteiger partial charge >= 0.3 is 0 Å². The molecular weight excluding hydrogens is 276 g/mol. The molecule has 0 unspecified atom stereocenters. The van der Waals surface area contributed by atoms with Crippen molar-refractivity contribution in [3.63, 3.8) is 0 Å². The standard InChI is InChI=1S/C23H18/c1-13-10-16-6-5-9-19-21-15(3)14(2)12-17-7-4-8-18(23(17)21)20(11-13)22(16)19/h4-12H,1-3H3. The summed E-state index contributed by atoms with van der Waals surface area (Å²) in [6, 6.07) is 20.4. The first kappa shape index (κ1) is 12.9. The lowest BCUT2D eigenvalue weighted by Gasteiger charge is -2.17. The molecule has 0 fully saturated rings. The third-order valence-electron chi connectivity index (χ3n) is 5.37. The number of hydrogen-bond donors (Lipinski definition) is 0. The summed E-state index contributed by atoms with van der Waals surface area (Å²) in [6.45, 7) is 6.68. The second kappa shape index (κ2) is 4.23. The molecule has 0 heteroatoms. The predicted octanol–water partition coefficient (Wildman–Crippen LogP) is 6.66. The Hall–Kier alpha value is -2.60. The van der Waals surface area contributed by atoms with Crippen molar-refractivity contribution in [2.24, 2.45) is 0 Å². The van der Waals surface area contributed by atoms with E-state index in [-0.39, 0.29) is 0 Å². The Morgan fingerprint density at radius 2 is 1.26 bits per heavy atom. The highest BCUT2D eigenvalue weighted by molar-refractivity contribution is 6.33. The van der Waals surface area contributed by atoms with Crippen LogP contribution < -0.4 is 0 Å². The summed E-state index contributed by atoms with van der Waals surface area (Å²) in [5.74, 6) is 0. The first-order chi connectivity index (χ1) is 11.1. The van der Waals surface area contributed by atoms with E-state index in [1.165, 1.54) is 59.8 Å². The fraction of sp³-hybridized carbons (Fsp3) is 0.130. The van der Waals surface area contributed by atoms with Gasteiger partial charge in [0, 0.05) is 0 Å². The molecule has 23 heavy (non-hydrogen) atoms. The molecule has 0 radical (unpaired) electrons. The fourth-order valence-corrected chi connectivity index (χ4v) is 4.26. The number of rotatable bonds is 0. The van der Waals surface area contributed by atoms with E-state index in [0.717, 1.165) is 0 Å². The van der Waals surface area contributed by atoms with Gasteiger partial charge in [-0.3, -0.25) is 0 Å². The SMILES string of the molecule is Cc1cc2cccc3c4c(C)c(C)cc5cccc(c(c1)c23)c54. The minimum atomic E-state index is 1.33. The molecule has 0 bridgehead atoms. The van der Waals surface area contributed by atoms with Crippen LogP contribution in [0.3, 0.4) is 0 Å². The Labute approximate surface area is 135 Å². The van der Waals surface area contributed by atoms with Gasteiger partial charge in [-0.1, -0.05) is 54.6 Å². The molecule has 0 aliphatic rings. The van der Waals surface area contributed by atoms with Crippen LogP contribution in [-0.4, -0.2) is 0 Å². The van der Waals surface area contributed by atoms with Crippen molar-refractivity contribution in [3.8, 4) is 0 Å². The molecule has 0 spiro atoms. The van der Waals surface area contributed by atoms with E-state index in [1.54, 1.807) is 0 Å². The van der Waals surface area contributed by atoms with E-state index < -0.39 is 0 Å². The number of fused-ring (bicyclic) bond motifs is 2. The van der Waals surface area contributed by atoms with Crippen molar-refractivity contribution in [1.82, 2.24) is 0 Å². The Morgan fingerprint density at radius 1 is 0.565 bits per heavy atom. The Balaban J connectivity index is 2.30. The highest BCUT2D eigenvalue weighted by Gasteiger charge is 2.15. The smallest absolute Gasteiger partial charge is 0.00235 e. The van der Waals surface area contributed by atoms with E-state index in [4.69, 9.17) is 0 Å². The topological polar surface area (TPSA) is 0 Å². The normalized spacial score (nSPS) is 12.1. The van der Waals surface area contributed by atoms with Crippen LogP contribution in [0.5, 0.6) is 0 Å². The minimum absolute atomic E-state index is 1.33. The average molecular weight is 294 g/mol. The molecule has 5 aromatic carbocycles. The summed E-state index contributed by atoms with van der Waals surface area (Å²) in [5, 5.41) is 11.1. The van der Waals surface area contributed by atoms with Gasteiger partial charge in [-0.05, 0) is 80.6 Å². The maximum absolute atomic E-state index is 2.35. The lowest BCUT2D eigenvalue weighted by atomic mass is 9.86. The third kappa shape index (κ3) is 1.56. The van der Waals surface area contributed by atoms with Gasteiger partial charge in [-0.15, -0.1) is 0 Å². The molecule has 0 amide bonds. The Bertz CT molecular complexity index is 1230. The van der Waals surface area contributed by atoms with Gasteiger partial charge in [-0.2, -0.15) is 0 Å². The first-order valence-corrected chi connectivity index (χ1v) is 8.22. The monoisotopic (exact) mass is 294 g/mol. The van der Waals surface area contributed by atoms with E-state index in [1.807, 2.05) is 0 Å². The molecule has 0 saturated heterocycles. The summed E-state index contributed by atoms with van der Waals surface area (Å²) in [5.41, 5.74) is 4.11. The molecule has 0 saturated carbocycles. The van der Waals surface area contributed by atoms with Crippen molar-refractivity contribution < 1.29 is 0 Å². The van der Waals surface area contributed by atoms with Gasteiger partial charge in [0.15, 0.2) is 0 Å². The lowest BCUT2D eigenvalue weighted by Crippen LogP contribution is -1.92. The summed E-state index contributed by atoms with van der Waals surface area (Å²) in [7, 11) is 0. The quantitative estimate of drug-likeness (QED) is 0.221. The molecule has 0 nitrogen and oxygen atoms in total. The van der Waals surface area contributed by atoms with Gasteiger partial charge in [0.05, 0.1) is 0 Å². The van der Waals surface area contributed by atoms with E-state index in [9.17, 15) is 0 Å². The highest BCUT2D eigenvalue weighted by Crippen LogP contribution is 2.42. The summed E-state index contributed by atoms with van der Waals surface area (Å²) >= 11 is 0. The highest BCUT2D eigenvalue weighted by atomic mass is 14.2. The van der Waals surface area contributed by atoms with Gasteiger partial charge < -0.3 is 0 Å². The molecule has 0 heterocycles. The molecule has 0 aromatic heterocycles. The van der Waals surface area contributed by atoms with Gasteiger partial charge in [-0.25, -0.2) is 0 Å². The average Bonchev–Trinajstić information content (AvgIpc) is 2.54. The van der Waals surface area contributed by atoms with Crippen LogP contribution in [0, 0.1) is 20.8 Å². The maximum Gasteiger partial charge on any atom is -0.00235 e. The molecule has 0 aliphatic heterocycles. The molecular formula is C23H18. The molecule has 5 aromatic rings. The van der Waals surface area contributed by atoms with Crippen molar-refractivity contribution in [2.45, 2.75) is 20.8 Å². The molecule has 5 rings (SSSR count). The van der Waals surface area contributed by atoms with Crippen molar-refractivity contribution in [2.75, 3.05) is 0 Å². The van der Waals surface area contributed by atoms with E-state index >= 15 is 0 Å². The van der Waals surface area contributed by atoms with Crippen LogP contribution in [0.1, 0.15) is 16.7 Å². The van der Waals surface area contributed by atoms with Crippen LogP contribution in [0.25, 0.3) is 43.1 Å². The summed E-state index contributed by atoms with van der Waals surface area (Å²) < 4.78 is 0. The van der Waals surface area contributed by atoms with Gasteiger partial charge in [0.1, 0.15) is 0 Å². The lowest BCUT2D eigenvalue weighted by molar-refractivity contribution is 1.40. The minimum Gasteiger partial charge on any atom is -0.0610 e.